The number of amides is 1. The lowest BCUT2D eigenvalue weighted by Gasteiger charge is -2.24. The molecular weight excluding hydrogens is 248 g/mol. The van der Waals surface area contributed by atoms with E-state index >= 15 is 0 Å². The largest absolute Gasteiger partial charge is 0.479 e. The second-order valence-corrected chi connectivity index (χ2v) is 4.73. The molecule has 1 heterocycles. The molecule has 4 N–H and O–H groups in total. The number of anilines is 1. The van der Waals surface area contributed by atoms with Gasteiger partial charge in [0.1, 0.15) is 0 Å². The van der Waals surface area contributed by atoms with Crippen molar-refractivity contribution in [3.63, 3.8) is 0 Å². The van der Waals surface area contributed by atoms with E-state index in [2.05, 4.69) is 5.32 Å². The van der Waals surface area contributed by atoms with Crippen LogP contribution in [0.15, 0.2) is 18.2 Å². The zero-order valence-electron chi connectivity index (χ0n) is 10.6. The van der Waals surface area contributed by atoms with E-state index in [0.29, 0.717) is 12.3 Å². The molecule has 1 saturated heterocycles. The molecule has 0 saturated carbocycles. The maximum atomic E-state index is 12.2. The molecule has 1 unspecified atom stereocenters. The van der Waals surface area contributed by atoms with Gasteiger partial charge in [-0.1, -0.05) is 11.6 Å². The molecule has 102 valence electrons. The lowest BCUT2D eigenvalue weighted by atomic mass is 9.98. The van der Waals surface area contributed by atoms with E-state index in [-0.39, 0.29) is 18.6 Å². The Bertz CT molecular complexity index is 521. The van der Waals surface area contributed by atoms with Crippen LogP contribution in [0.3, 0.4) is 0 Å². The monoisotopic (exact) mass is 264 g/mol. The SMILES string of the molecule is Cc1ccc(N)c(C(=O)NC2(C(=O)O)CCOC2)c1. The predicted octanol–water partition coefficient (Wildman–Crippen LogP) is 0.551. The van der Waals surface area contributed by atoms with Crippen LogP contribution in [0.2, 0.25) is 0 Å². The van der Waals surface area contributed by atoms with Crippen LogP contribution < -0.4 is 11.1 Å². The summed E-state index contributed by atoms with van der Waals surface area (Å²) in [5.41, 5.74) is 5.88. The zero-order valence-corrected chi connectivity index (χ0v) is 10.6. The predicted molar refractivity (Wildman–Crippen MR) is 68.9 cm³/mol. The molecule has 0 radical (unpaired) electrons. The molecule has 0 aromatic heterocycles. The van der Waals surface area contributed by atoms with Crippen molar-refractivity contribution in [2.45, 2.75) is 18.9 Å². The van der Waals surface area contributed by atoms with Gasteiger partial charge in [0.05, 0.1) is 12.2 Å². The minimum atomic E-state index is -1.35. The summed E-state index contributed by atoms with van der Waals surface area (Å²) < 4.78 is 5.09. The fraction of sp³-hybridized carbons (Fsp3) is 0.385. The van der Waals surface area contributed by atoms with Crippen molar-refractivity contribution < 1.29 is 19.4 Å². The number of carboxylic acid groups (broad SMARTS) is 1. The number of nitrogens with two attached hydrogens (primary N) is 1. The first-order valence-corrected chi connectivity index (χ1v) is 5.94. The first-order chi connectivity index (χ1) is 8.94. The maximum Gasteiger partial charge on any atom is 0.331 e. The number of nitrogens with one attached hydrogen (secondary N) is 1. The molecular formula is C13H16N2O4. The van der Waals surface area contributed by atoms with Crippen molar-refractivity contribution in [2.24, 2.45) is 0 Å². The van der Waals surface area contributed by atoms with Crippen molar-refractivity contribution >= 4 is 17.6 Å². The number of rotatable bonds is 3. The minimum Gasteiger partial charge on any atom is -0.479 e. The van der Waals surface area contributed by atoms with Gasteiger partial charge < -0.3 is 20.9 Å². The topological polar surface area (TPSA) is 102 Å². The van der Waals surface area contributed by atoms with Gasteiger partial charge in [0.2, 0.25) is 0 Å². The summed E-state index contributed by atoms with van der Waals surface area (Å²) in [6.07, 6.45) is 0.250. The van der Waals surface area contributed by atoms with Gasteiger partial charge in [-0.2, -0.15) is 0 Å². The van der Waals surface area contributed by atoms with Crippen LogP contribution in [-0.2, 0) is 9.53 Å². The number of ether oxygens (including phenoxy) is 1. The second-order valence-electron chi connectivity index (χ2n) is 4.73. The van der Waals surface area contributed by atoms with E-state index in [0.717, 1.165) is 5.56 Å². The Morgan fingerprint density at radius 1 is 1.47 bits per heavy atom. The van der Waals surface area contributed by atoms with Crippen LogP contribution in [0.25, 0.3) is 0 Å². The summed E-state index contributed by atoms with van der Waals surface area (Å²) in [4.78, 5) is 23.5. The number of carboxylic acids is 1. The van der Waals surface area contributed by atoms with E-state index in [1.807, 2.05) is 6.92 Å². The van der Waals surface area contributed by atoms with Crippen LogP contribution in [-0.4, -0.2) is 35.7 Å². The Hall–Kier alpha value is -2.08. The van der Waals surface area contributed by atoms with E-state index < -0.39 is 17.4 Å². The van der Waals surface area contributed by atoms with Gasteiger partial charge in [0.25, 0.3) is 5.91 Å². The number of hydrogen-bond acceptors (Lipinski definition) is 4. The Morgan fingerprint density at radius 3 is 2.79 bits per heavy atom. The Balaban J connectivity index is 2.25. The number of nitrogen functional groups attached to an aromatic ring is 1. The molecule has 1 aromatic carbocycles. The first kappa shape index (κ1) is 13.4. The molecule has 0 aliphatic carbocycles. The summed E-state index contributed by atoms with van der Waals surface area (Å²) in [6.45, 7) is 2.12. The summed E-state index contributed by atoms with van der Waals surface area (Å²) >= 11 is 0. The molecule has 1 aliphatic rings. The van der Waals surface area contributed by atoms with Crippen molar-refractivity contribution in [2.75, 3.05) is 18.9 Å². The van der Waals surface area contributed by atoms with Gasteiger partial charge in [-0.25, -0.2) is 4.79 Å². The molecule has 1 atom stereocenters. The lowest BCUT2D eigenvalue weighted by Crippen LogP contribution is -2.55. The number of carbonyl (C=O) groups excluding carboxylic acids is 1. The molecule has 1 aromatic rings. The third-order valence-electron chi connectivity index (χ3n) is 3.24. The molecule has 2 rings (SSSR count). The van der Waals surface area contributed by atoms with Gasteiger partial charge in [-0.15, -0.1) is 0 Å². The van der Waals surface area contributed by atoms with Gasteiger partial charge in [0, 0.05) is 18.7 Å². The van der Waals surface area contributed by atoms with E-state index in [1.165, 1.54) is 0 Å². The number of carbonyl (C=O) groups is 2. The van der Waals surface area contributed by atoms with Crippen molar-refractivity contribution in [3.8, 4) is 0 Å². The highest BCUT2D eigenvalue weighted by atomic mass is 16.5. The average Bonchev–Trinajstić information content (AvgIpc) is 2.82. The summed E-state index contributed by atoms with van der Waals surface area (Å²) in [5.74, 6) is -1.58. The van der Waals surface area contributed by atoms with E-state index in [9.17, 15) is 14.7 Å². The molecule has 1 aliphatic heterocycles. The zero-order chi connectivity index (χ0) is 14.0. The van der Waals surface area contributed by atoms with Crippen molar-refractivity contribution in [1.82, 2.24) is 5.32 Å². The molecule has 19 heavy (non-hydrogen) atoms. The average molecular weight is 264 g/mol. The maximum absolute atomic E-state index is 12.2. The van der Waals surface area contributed by atoms with Crippen LogP contribution in [0, 0.1) is 6.92 Å². The molecule has 0 bridgehead atoms. The van der Waals surface area contributed by atoms with Crippen LogP contribution in [0.5, 0.6) is 0 Å². The molecule has 6 heteroatoms. The van der Waals surface area contributed by atoms with Crippen LogP contribution >= 0.6 is 0 Å². The normalized spacial score (nSPS) is 22.2. The van der Waals surface area contributed by atoms with E-state index in [4.69, 9.17) is 10.5 Å². The van der Waals surface area contributed by atoms with Crippen LogP contribution in [0.1, 0.15) is 22.3 Å². The third kappa shape index (κ3) is 2.53. The first-order valence-electron chi connectivity index (χ1n) is 5.94. The van der Waals surface area contributed by atoms with E-state index in [1.54, 1.807) is 18.2 Å². The Morgan fingerprint density at radius 2 is 2.21 bits per heavy atom. The number of hydrogen-bond donors (Lipinski definition) is 3. The Kier molecular flexibility index (Phi) is 3.44. The molecule has 0 spiro atoms. The summed E-state index contributed by atoms with van der Waals surface area (Å²) in [7, 11) is 0. The third-order valence-corrected chi connectivity index (χ3v) is 3.24. The second kappa shape index (κ2) is 4.89. The molecule has 1 amide bonds. The standard InChI is InChI=1S/C13H16N2O4/c1-8-2-3-10(14)9(6-8)11(16)15-13(12(17)18)4-5-19-7-13/h2-3,6H,4-5,7,14H2,1H3,(H,15,16)(H,17,18). The van der Waals surface area contributed by atoms with Gasteiger partial charge in [-0.3, -0.25) is 4.79 Å². The van der Waals surface area contributed by atoms with Gasteiger partial charge in [-0.05, 0) is 19.1 Å². The smallest absolute Gasteiger partial charge is 0.331 e. The number of aryl methyl sites for hydroxylation is 1. The molecule has 1 fully saturated rings. The Labute approximate surface area is 110 Å². The highest BCUT2D eigenvalue weighted by molar-refractivity contribution is 6.02. The summed E-state index contributed by atoms with van der Waals surface area (Å²) in [5, 5.41) is 11.8. The lowest BCUT2D eigenvalue weighted by molar-refractivity contribution is -0.144. The fourth-order valence-electron chi connectivity index (χ4n) is 2.04. The quantitative estimate of drug-likeness (QED) is 0.692. The van der Waals surface area contributed by atoms with Gasteiger partial charge in [0.15, 0.2) is 5.54 Å². The fourth-order valence-corrected chi connectivity index (χ4v) is 2.04. The van der Waals surface area contributed by atoms with Gasteiger partial charge >= 0.3 is 5.97 Å². The highest BCUT2D eigenvalue weighted by Gasteiger charge is 2.44. The number of aliphatic carboxylic acids is 1. The van der Waals surface area contributed by atoms with Crippen molar-refractivity contribution in [1.29, 1.82) is 0 Å². The highest BCUT2D eigenvalue weighted by Crippen LogP contribution is 2.21. The van der Waals surface area contributed by atoms with Crippen molar-refractivity contribution in [3.05, 3.63) is 29.3 Å². The number of benzene rings is 1. The molecule has 6 nitrogen and oxygen atoms in total. The van der Waals surface area contributed by atoms with Crippen LogP contribution in [0.4, 0.5) is 5.69 Å². The minimum absolute atomic E-state index is 0.0280. The summed E-state index contributed by atoms with van der Waals surface area (Å²) in [6, 6.07) is 5.05.